The van der Waals surface area contributed by atoms with Crippen molar-refractivity contribution in [3.05, 3.63) is 0 Å². The Balaban J connectivity index is 2.36. The van der Waals surface area contributed by atoms with Crippen LogP contribution in [0.4, 0.5) is 4.39 Å². The number of nitrogens with zero attached hydrogens (tertiary/aromatic N) is 1. The number of carboxylic acid groups (broad SMARTS) is 1. The Hall–Kier alpha value is -0.640. The Labute approximate surface area is 77.5 Å². The molecular weight excluding hydrogens is 173 g/mol. The van der Waals surface area contributed by atoms with Gasteiger partial charge in [0, 0.05) is 0 Å². The number of hydrogen-bond acceptors (Lipinski definition) is 2. The molecule has 0 amide bonds. The third-order valence-electron chi connectivity index (χ3n) is 2.77. The first-order valence-electron chi connectivity index (χ1n) is 4.68. The quantitative estimate of drug-likeness (QED) is 0.723. The summed E-state index contributed by atoms with van der Waals surface area (Å²) in [4.78, 5) is 12.5. The summed E-state index contributed by atoms with van der Waals surface area (Å²) in [6, 6.07) is -0.430. The molecule has 0 bridgehead atoms. The van der Waals surface area contributed by atoms with Crippen molar-refractivity contribution in [2.24, 2.45) is 5.92 Å². The van der Waals surface area contributed by atoms with Crippen LogP contribution < -0.4 is 0 Å². The second-order valence-electron chi connectivity index (χ2n) is 3.65. The number of piperidine rings is 1. The van der Waals surface area contributed by atoms with Crippen LogP contribution in [0.3, 0.4) is 0 Å². The highest BCUT2D eigenvalue weighted by molar-refractivity contribution is 5.72. The molecular formula is C9H16FNO2. The molecule has 1 fully saturated rings. The van der Waals surface area contributed by atoms with Crippen LogP contribution in [0.25, 0.3) is 0 Å². The predicted molar refractivity (Wildman–Crippen MR) is 47.4 cm³/mol. The number of likely N-dealkylation sites (tertiary alicyclic amines) is 1. The number of carboxylic acids is 1. The maximum absolute atomic E-state index is 12.2. The molecule has 3 nitrogen and oxygen atoms in total. The summed E-state index contributed by atoms with van der Waals surface area (Å²) in [5.74, 6) is -0.643. The Kier molecular flexibility index (Phi) is 3.66. The van der Waals surface area contributed by atoms with Crippen LogP contribution in [0.5, 0.6) is 0 Å². The van der Waals surface area contributed by atoms with Crippen LogP contribution in [-0.2, 0) is 4.79 Å². The molecule has 13 heavy (non-hydrogen) atoms. The normalized spacial score (nSPS) is 22.9. The molecule has 1 unspecified atom stereocenters. The molecule has 1 heterocycles. The van der Waals surface area contributed by atoms with Crippen LogP contribution in [0.15, 0.2) is 0 Å². The SMILES string of the molecule is CC(C(=O)O)N1CCC(CF)CC1. The van der Waals surface area contributed by atoms with Gasteiger partial charge in [-0.3, -0.25) is 14.1 Å². The molecule has 1 aliphatic rings. The summed E-state index contributed by atoms with van der Waals surface area (Å²) in [5, 5.41) is 8.74. The Morgan fingerprint density at radius 1 is 1.62 bits per heavy atom. The molecule has 76 valence electrons. The zero-order valence-electron chi connectivity index (χ0n) is 7.87. The molecule has 0 radical (unpaired) electrons. The van der Waals surface area contributed by atoms with Crippen molar-refractivity contribution in [2.45, 2.75) is 25.8 Å². The summed E-state index contributed by atoms with van der Waals surface area (Å²) in [6.07, 6.45) is 1.57. The standard InChI is InChI=1S/C9H16FNO2/c1-7(9(12)13)11-4-2-8(6-10)3-5-11/h7-8H,2-6H2,1H3,(H,12,13). The molecule has 0 spiro atoms. The fourth-order valence-electron chi connectivity index (χ4n) is 1.65. The van der Waals surface area contributed by atoms with Gasteiger partial charge in [0.15, 0.2) is 0 Å². The van der Waals surface area contributed by atoms with E-state index >= 15 is 0 Å². The summed E-state index contributed by atoms with van der Waals surface area (Å²) in [5.41, 5.74) is 0. The summed E-state index contributed by atoms with van der Waals surface area (Å²) in [6.45, 7) is 2.83. The third-order valence-corrected chi connectivity index (χ3v) is 2.77. The van der Waals surface area contributed by atoms with Crippen LogP contribution >= 0.6 is 0 Å². The van der Waals surface area contributed by atoms with Gasteiger partial charge in [-0.1, -0.05) is 0 Å². The minimum absolute atomic E-state index is 0.150. The van der Waals surface area contributed by atoms with Gasteiger partial charge in [0.05, 0.1) is 6.67 Å². The maximum atomic E-state index is 12.2. The number of alkyl halides is 1. The van der Waals surface area contributed by atoms with Crippen LogP contribution in [0, 0.1) is 5.92 Å². The monoisotopic (exact) mass is 189 g/mol. The lowest BCUT2D eigenvalue weighted by Crippen LogP contribution is -2.44. The van der Waals surface area contributed by atoms with Gasteiger partial charge in [0.2, 0.25) is 0 Å². The number of halogens is 1. The Bertz CT molecular complexity index is 178. The van der Waals surface area contributed by atoms with E-state index < -0.39 is 12.0 Å². The molecule has 1 rings (SSSR count). The fraction of sp³-hybridized carbons (Fsp3) is 0.889. The average Bonchev–Trinajstić information content (AvgIpc) is 2.17. The molecule has 0 saturated carbocycles. The number of rotatable bonds is 3. The average molecular weight is 189 g/mol. The highest BCUT2D eigenvalue weighted by atomic mass is 19.1. The van der Waals surface area contributed by atoms with E-state index in [-0.39, 0.29) is 12.6 Å². The topological polar surface area (TPSA) is 40.5 Å². The molecule has 0 aliphatic carbocycles. The summed E-state index contributed by atoms with van der Waals surface area (Å²) >= 11 is 0. The van der Waals surface area contributed by atoms with Crippen LogP contribution in [0.2, 0.25) is 0 Å². The lowest BCUT2D eigenvalue weighted by atomic mass is 9.97. The van der Waals surface area contributed by atoms with E-state index in [4.69, 9.17) is 5.11 Å². The highest BCUT2D eigenvalue weighted by Gasteiger charge is 2.25. The molecule has 0 aromatic carbocycles. The van der Waals surface area contributed by atoms with E-state index in [0.717, 1.165) is 12.8 Å². The number of carbonyl (C=O) groups is 1. The largest absolute Gasteiger partial charge is 0.480 e. The summed E-state index contributed by atoms with van der Waals surface area (Å²) in [7, 11) is 0. The van der Waals surface area contributed by atoms with Gasteiger partial charge in [-0.25, -0.2) is 0 Å². The van der Waals surface area contributed by atoms with E-state index in [0.29, 0.717) is 13.1 Å². The molecule has 1 N–H and O–H groups in total. The van der Waals surface area contributed by atoms with Gasteiger partial charge in [-0.15, -0.1) is 0 Å². The van der Waals surface area contributed by atoms with Crippen LogP contribution in [-0.4, -0.2) is 41.8 Å². The van der Waals surface area contributed by atoms with Crippen molar-refractivity contribution in [1.82, 2.24) is 4.90 Å². The Morgan fingerprint density at radius 2 is 2.15 bits per heavy atom. The lowest BCUT2D eigenvalue weighted by Gasteiger charge is -2.33. The van der Waals surface area contributed by atoms with Gasteiger partial charge in [0.1, 0.15) is 6.04 Å². The molecule has 4 heteroatoms. The van der Waals surface area contributed by atoms with Gasteiger partial charge in [-0.05, 0) is 38.8 Å². The van der Waals surface area contributed by atoms with Crippen molar-refractivity contribution in [1.29, 1.82) is 0 Å². The number of aliphatic carboxylic acids is 1. The summed E-state index contributed by atoms with van der Waals surface area (Å²) < 4.78 is 12.2. The van der Waals surface area contributed by atoms with Gasteiger partial charge < -0.3 is 5.11 Å². The van der Waals surface area contributed by atoms with Gasteiger partial charge >= 0.3 is 5.97 Å². The van der Waals surface area contributed by atoms with E-state index in [2.05, 4.69) is 0 Å². The second-order valence-corrected chi connectivity index (χ2v) is 3.65. The zero-order valence-corrected chi connectivity index (χ0v) is 7.87. The Morgan fingerprint density at radius 3 is 2.54 bits per heavy atom. The third kappa shape index (κ3) is 2.66. The van der Waals surface area contributed by atoms with Gasteiger partial charge in [-0.2, -0.15) is 0 Å². The smallest absolute Gasteiger partial charge is 0.320 e. The highest BCUT2D eigenvalue weighted by Crippen LogP contribution is 2.19. The fourth-order valence-corrected chi connectivity index (χ4v) is 1.65. The predicted octanol–water partition coefficient (Wildman–Crippen LogP) is 1.14. The molecule has 1 atom stereocenters. The van der Waals surface area contributed by atoms with Crippen molar-refractivity contribution in [2.75, 3.05) is 19.8 Å². The minimum Gasteiger partial charge on any atom is -0.480 e. The zero-order chi connectivity index (χ0) is 9.84. The second kappa shape index (κ2) is 4.56. The van der Waals surface area contributed by atoms with Crippen molar-refractivity contribution < 1.29 is 14.3 Å². The van der Waals surface area contributed by atoms with Crippen molar-refractivity contribution >= 4 is 5.97 Å². The molecule has 1 saturated heterocycles. The first-order chi connectivity index (χ1) is 6.15. The maximum Gasteiger partial charge on any atom is 0.320 e. The van der Waals surface area contributed by atoms with E-state index in [1.165, 1.54) is 0 Å². The number of hydrogen-bond donors (Lipinski definition) is 1. The first kappa shape index (κ1) is 10.4. The van der Waals surface area contributed by atoms with Crippen molar-refractivity contribution in [3.8, 4) is 0 Å². The molecule has 1 aliphatic heterocycles. The first-order valence-corrected chi connectivity index (χ1v) is 4.68. The molecule has 0 aromatic heterocycles. The van der Waals surface area contributed by atoms with Gasteiger partial charge in [0.25, 0.3) is 0 Å². The van der Waals surface area contributed by atoms with E-state index in [1.54, 1.807) is 6.92 Å². The van der Waals surface area contributed by atoms with E-state index in [9.17, 15) is 9.18 Å². The molecule has 0 aromatic rings. The van der Waals surface area contributed by atoms with E-state index in [1.807, 2.05) is 4.90 Å². The van der Waals surface area contributed by atoms with Crippen molar-refractivity contribution in [3.63, 3.8) is 0 Å². The van der Waals surface area contributed by atoms with Crippen LogP contribution in [0.1, 0.15) is 19.8 Å². The minimum atomic E-state index is -0.793. The lowest BCUT2D eigenvalue weighted by molar-refractivity contribution is -0.143.